The van der Waals surface area contributed by atoms with Crippen molar-refractivity contribution in [2.75, 3.05) is 20.8 Å². The van der Waals surface area contributed by atoms with Crippen molar-refractivity contribution in [2.45, 2.75) is 6.92 Å². The zero-order valence-corrected chi connectivity index (χ0v) is 13.5. The van der Waals surface area contributed by atoms with Gasteiger partial charge in [-0.25, -0.2) is 4.79 Å². The van der Waals surface area contributed by atoms with Crippen molar-refractivity contribution < 1.29 is 28.6 Å². The van der Waals surface area contributed by atoms with E-state index in [0.29, 0.717) is 17.1 Å². The topological polar surface area (TPSA) is 94.7 Å². The highest BCUT2D eigenvalue weighted by Gasteiger charge is 2.18. The molecular formula is C17H17NO6. The van der Waals surface area contributed by atoms with Crippen molar-refractivity contribution in [2.24, 2.45) is 0 Å². The maximum Gasteiger partial charge on any atom is 0.355 e. The van der Waals surface area contributed by atoms with Crippen LogP contribution in [0.15, 0.2) is 30.5 Å². The van der Waals surface area contributed by atoms with Crippen molar-refractivity contribution in [3.8, 4) is 11.5 Å². The number of H-pyrrole nitrogens is 1. The molecular weight excluding hydrogens is 314 g/mol. The van der Waals surface area contributed by atoms with Crippen LogP contribution in [-0.4, -0.2) is 43.3 Å². The van der Waals surface area contributed by atoms with E-state index < -0.39 is 18.4 Å². The van der Waals surface area contributed by atoms with Gasteiger partial charge in [0.1, 0.15) is 17.2 Å². The molecule has 1 N–H and O–H groups in total. The molecule has 2 aromatic rings. The summed E-state index contributed by atoms with van der Waals surface area (Å²) in [5.41, 5.74) is 0.717. The number of hydrogen-bond donors (Lipinski definition) is 1. The first kappa shape index (κ1) is 17.3. The predicted molar refractivity (Wildman–Crippen MR) is 85.0 cm³/mol. The number of ether oxygens (including phenoxy) is 3. The molecule has 0 atom stereocenters. The van der Waals surface area contributed by atoms with Gasteiger partial charge in [0.05, 0.1) is 19.8 Å². The lowest BCUT2D eigenvalue weighted by Gasteiger charge is -2.09. The fraction of sp³-hybridized carbons (Fsp3) is 0.235. The second-order valence-corrected chi connectivity index (χ2v) is 4.92. The average molecular weight is 331 g/mol. The quantitative estimate of drug-likeness (QED) is 0.618. The van der Waals surface area contributed by atoms with E-state index >= 15 is 0 Å². The summed E-state index contributed by atoms with van der Waals surface area (Å²) in [6.45, 7) is 0.924. The molecule has 126 valence electrons. The van der Waals surface area contributed by atoms with E-state index in [1.165, 1.54) is 39.5 Å². The van der Waals surface area contributed by atoms with Gasteiger partial charge in [-0.05, 0) is 31.2 Å². The van der Waals surface area contributed by atoms with E-state index in [4.69, 9.17) is 14.2 Å². The molecule has 0 unspecified atom stereocenters. The monoisotopic (exact) mass is 331 g/mol. The van der Waals surface area contributed by atoms with Crippen LogP contribution in [-0.2, 0) is 4.74 Å². The highest BCUT2D eigenvalue weighted by molar-refractivity contribution is 6.02. The van der Waals surface area contributed by atoms with Crippen LogP contribution in [0, 0.1) is 0 Å². The Morgan fingerprint density at radius 1 is 1.08 bits per heavy atom. The van der Waals surface area contributed by atoms with Crippen LogP contribution in [0.2, 0.25) is 0 Å². The average Bonchev–Trinajstić information content (AvgIpc) is 3.09. The van der Waals surface area contributed by atoms with Crippen molar-refractivity contribution in [1.82, 2.24) is 4.98 Å². The van der Waals surface area contributed by atoms with Gasteiger partial charge in [-0.3, -0.25) is 9.59 Å². The smallest absolute Gasteiger partial charge is 0.355 e. The summed E-state index contributed by atoms with van der Waals surface area (Å²) < 4.78 is 15.2. The number of esters is 1. The standard InChI is InChI=1S/C17H17NO6/c1-10(19)11-6-14(18-8-11)17(21)24-9-15(20)13-7-12(22-2)4-5-16(13)23-3/h4-8,18H,9H2,1-3H3. The molecule has 0 saturated carbocycles. The summed E-state index contributed by atoms with van der Waals surface area (Å²) in [6.07, 6.45) is 1.41. The molecule has 0 bridgehead atoms. The second-order valence-electron chi connectivity index (χ2n) is 4.92. The molecule has 0 aliphatic heterocycles. The van der Waals surface area contributed by atoms with Crippen LogP contribution in [0.5, 0.6) is 11.5 Å². The van der Waals surface area contributed by atoms with Gasteiger partial charge in [-0.15, -0.1) is 0 Å². The number of rotatable bonds is 7. The van der Waals surface area contributed by atoms with Gasteiger partial charge in [0.15, 0.2) is 12.4 Å². The SMILES string of the molecule is COc1ccc(OC)c(C(=O)COC(=O)c2cc(C(C)=O)c[nH]2)c1. The number of carbonyl (C=O) groups excluding carboxylic acids is 3. The first-order valence-electron chi connectivity index (χ1n) is 7.08. The summed E-state index contributed by atoms with van der Waals surface area (Å²) in [6, 6.07) is 6.14. The minimum atomic E-state index is -0.724. The van der Waals surface area contributed by atoms with Crippen LogP contribution in [0.25, 0.3) is 0 Å². The molecule has 0 amide bonds. The number of carbonyl (C=O) groups is 3. The highest BCUT2D eigenvalue weighted by atomic mass is 16.5. The molecule has 1 heterocycles. The van der Waals surface area contributed by atoms with E-state index in [1.807, 2.05) is 0 Å². The zero-order valence-electron chi connectivity index (χ0n) is 13.5. The van der Waals surface area contributed by atoms with Crippen molar-refractivity contribution >= 4 is 17.5 Å². The molecule has 24 heavy (non-hydrogen) atoms. The molecule has 0 aliphatic rings. The number of Topliss-reactive ketones (excluding diaryl/α,β-unsaturated/α-hetero) is 2. The Morgan fingerprint density at radius 2 is 1.83 bits per heavy atom. The molecule has 7 nitrogen and oxygen atoms in total. The molecule has 0 saturated heterocycles. The Labute approximate surface area is 138 Å². The van der Waals surface area contributed by atoms with E-state index in [-0.39, 0.29) is 17.0 Å². The fourth-order valence-electron chi connectivity index (χ4n) is 2.03. The van der Waals surface area contributed by atoms with Crippen LogP contribution < -0.4 is 9.47 Å². The predicted octanol–water partition coefficient (Wildman–Crippen LogP) is 2.27. The highest BCUT2D eigenvalue weighted by Crippen LogP contribution is 2.24. The van der Waals surface area contributed by atoms with Crippen LogP contribution in [0.3, 0.4) is 0 Å². The Kier molecular flexibility index (Phi) is 5.36. The Hall–Kier alpha value is -3.09. The van der Waals surface area contributed by atoms with Crippen molar-refractivity contribution in [3.63, 3.8) is 0 Å². The lowest BCUT2D eigenvalue weighted by Crippen LogP contribution is -2.15. The fourth-order valence-corrected chi connectivity index (χ4v) is 2.03. The van der Waals surface area contributed by atoms with Crippen molar-refractivity contribution in [1.29, 1.82) is 0 Å². The van der Waals surface area contributed by atoms with Gasteiger partial charge >= 0.3 is 5.97 Å². The lowest BCUT2D eigenvalue weighted by molar-refractivity contribution is 0.0469. The molecule has 2 rings (SSSR count). The summed E-state index contributed by atoms with van der Waals surface area (Å²) in [7, 11) is 2.92. The van der Waals surface area contributed by atoms with Crippen molar-refractivity contribution in [3.05, 3.63) is 47.3 Å². The van der Waals surface area contributed by atoms with Gasteiger partial charge in [0.25, 0.3) is 0 Å². The largest absolute Gasteiger partial charge is 0.497 e. The third-order valence-corrected chi connectivity index (χ3v) is 3.35. The third-order valence-electron chi connectivity index (χ3n) is 3.35. The van der Waals surface area contributed by atoms with Gasteiger partial charge in [-0.2, -0.15) is 0 Å². The minimum absolute atomic E-state index is 0.102. The lowest BCUT2D eigenvalue weighted by atomic mass is 10.1. The Balaban J connectivity index is 2.07. The number of aromatic nitrogens is 1. The third kappa shape index (κ3) is 3.81. The number of aromatic amines is 1. The molecule has 1 aromatic carbocycles. The van der Waals surface area contributed by atoms with Gasteiger partial charge < -0.3 is 19.2 Å². The molecule has 0 spiro atoms. The van der Waals surface area contributed by atoms with E-state index in [9.17, 15) is 14.4 Å². The van der Waals surface area contributed by atoms with E-state index in [0.717, 1.165) is 0 Å². The summed E-state index contributed by atoms with van der Waals surface area (Å²) in [5, 5.41) is 0. The Bertz CT molecular complexity index is 777. The first-order valence-corrected chi connectivity index (χ1v) is 7.08. The summed E-state index contributed by atoms with van der Waals surface area (Å²) >= 11 is 0. The minimum Gasteiger partial charge on any atom is -0.497 e. The zero-order chi connectivity index (χ0) is 17.7. The number of methoxy groups -OCH3 is 2. The van der Waals surface area contributed by atoms with Gasteiger partial charge in [0, 0.05) is 11.8 Å². The Morgan fingerprint density at radius 3 is 2.42 bits per heavy atom. The molecule has 0 aliphatic carbocycles. The van der Waals surface area contributed by atoms with Gasteiger partial charge in [0.2, 0.25) is 5.78 Å². The number of hydrogen-bond acceptors (Lipinski definition) is 6. The first-order chi connectivity index (χ1) is 11.5. The molecule has 0 radical (unpaired) electrons. The molecule has 1 aromatic heterocycles. The van der Waals surface area contributed by atoms with Crippen LogP contribution in [0.1, 0.15) is 38.1 Å². The maximum atomic E-state index is 12.3. The summed E-state index contributed by atoms with van der Waals surface area (Å²) in [5.74, 6) is -0.491. The number of benzene rings is 1. The van der Waals surface area contributed by atoms with Gasteiger partial charge in [-0.1, -0.05) is 0 Å². The summed E-state index contributed by atoms with van der Waals surface area (Å²) in [4.78, 5) is 38.0. The van der Waals surface area contributed by atoms with E-state index in [1.54, 1.807) is 12.1 Å². The molecule has 0 fully saturated rings. The van der Waals surface area contributed by atoms with Crippen LogP contribution >= 0.6 is 0 Å². The second kappa shape index (κ2) is 7.45. The molecule has 7 heteroatoms. The number of ketones is 2. The maximum absolute atomic E-state index is 12.3. The van der Waals surface area contributed by atoms with E-state index in [2.05, 4.69) is 4.98 Å². The number of nitrogens with one attached hydrogen (secondary N) is 1. The van der Waals surface area contributed by atoms with Crippen LogP contribution in [0.4, 0.5) is 0 Å². The normalized spacial score (nSPS) is 10.1.